The van der Waals surface area contributed by atoms with Gasteiger partial charge in [-0.1, -0.05) is 30.3 Å². The van der Waals surface area contributed by atoms with Gasteiger partial charge in [0.15, 0.2) is 0 Å². The molecule has 108 valence electrons. The maximum atomic E-state index is 11.2. The molecule has 21 heavy (non-hydrogen) atoms. The van der Waals surface area contributed by atoms with E-state index in [4.69, 9.17) is 9.84 Å². The number of nitrogens with zero attached hydrogens (tertiary/aromatic N) is 2. The number of aromatic nitrogens is 2. The molecule has 0 bridgehead atoms. The Morgan fingerprint density at radius 3 is 2.81 bits per heavy atom. The third-order valence-electron chi connectivity index (χ3n) is 3.17. The minimum atomic E-state index is -0.911. The first-order chi connectivity index (χ1) is 10.2. The molecule has 0 saturated heterocycles. The molecule has 0 amide bonds. The second kappa shape index (κ2) is 5.67. The maximum absolute atomic E-state index is 11.2. The number of rotatable bonds is 5. The number of carbonyl (C=O) groups is 1. The van der Waals surface area contributed by atoms with E-state index in [9.17, 15) is 4.79 Å². The van der Waals surface area contributed by atoms with Gasteiger partial charge in [-0.2, -0.15) is 5.10 Å². The first-order valence-electron chi connectivity index (χ1n) is 6.44. The van der Waals surface area contributed by atoms with Crippen molar-refractivity contribution in [2.24, 2.45) is 0 Å². The molecule has 1 aromatic carbocycles. The van der Waals surface area contributed by atoms with Crippen LogP contribution in [0.1, 0.15) is 20.9 Å². The molecule has 0 atom stereocenters. The molecule has 2 aromatic heterocycles. The lowest BCUT2D eigenvalue weighted by atomic mass is 10.2. The van der Waals surface area contributed by atoms with E-state index in [1.54, 1.807) is 13.2 Å². The fourth-order valence-electron chi connectivity index (χ4n) is 2.24. The zero-order valence-corrected chi connectivity index (χ0v) is 12.3. The molecule has 0 aliphatic carbocycles. The number of hydrogen-bond donors (Lipinski definition) is 1. The van der Waals surface area contributed by atoms with Crippen LogP contribution in [0.2, 0.25) is 0 Å². The molecule has 1 N–H and O–H groups in total. The molecule has 3 rings (SSSR count). The first-order valence-corrected chi connectivity index (χ1v) is 7.26. The van der Waals surface area contributed by atoms with Gasteiger partial charge in [0, 0.05) is 12.5 Å². The van der Waals surface area contributed by atoms with E-state index in [1.165, 1.54) is 11.3 Å². The Morgan fingerprint density at radius 2 is 2.14 bits per heavy atom. The summed E-state index contributed by atoms with van der Waals surface area (Å²) < 4.78 is 6.99. The van der Waals surface area contributed by atoms with Crippen molar-refractivity contribution >= 4 is 27.5 Å². The predicted octanol–water partition coefficient (Wildman–Crippen LogP) is 2.99. The van der Waals surface area contributed by atoms with Crippen molar-refractivity contribution in [1.29, 1.82) is 0 Å². The third kappa shape index (κ3) is 2.68. The molecule has 0 unspecified atom stereocenters. The molecule has 0 aliphatic heterocycles. The highest BCUT2D eigenvalue weighted by Crippen LogP contribution is 2.29. The molecule has 0 saturated carbocycles. The highest BCUT2D eigenvalue weighted by Gasteiger charge is 2.17. The van der Waals surface area contributed by atoms with Crippen molar-refractivity contribution < 1.29 is 14.6 Å². The number of fused-ring (bicyclic) bond motifs is 1. The minimum absolute atomic E-state index is 0.321. The molecule has 0 spiro atoms. The Balaban J connectivity index is 2.06. The average molecular weight is 302 g/mol. The van der Waals surface area contributed by atoms with Crippen LogP contribution in [0, 0.1) is 0 Å². The average Bonchev–Trinajstić information content (AvgIpc) is 3.03. The van der Waals surface area contributed by atoms with Crippen molar-refractivity contribution in [3.8, 4) is 0 Å². The summed E-state index contributed by atoms with van der Waals surface area (Å²) in [6, 6.07) is 11.6. The monoisotopic (exact) mass is 302 g/mol. The number of hydrogen-bond acceptors (Lipinski definition) is 4. The fraction of sp³-hybridized carbons (Fsp3) is 0.200. The lowest BCUT2D eigenvalue weighted by molar-refractivity contribution is 0.0702. The molecule has 3 aromatic rings. The molecular weight excluding hydrogens is 288 g/mol. The minimum Gasteiger partial charge on any atom is -0.477 e. The van der Waals surface area contributed by atoms with E-state index in [0.29, 0.717) is 18.0 Å². The third-order valence-corrected chi connectivity index (χ3v) is 4.30. The number of carboxylic acids is 1. The molecule has 0 radical (unpaired) electrons. The van der Waals surface area contributed by atoms with Crippen LogP contribution in [0.25, 0.3) is 10.2 Å². The topological polar surface area (TPSA) is 64.4 Å². The number of ether oxygens (including phenoxy) is 1. The smallest absolute Gasteiger partial charge is 0.345 e. The summed E-state index contributed by atoms with van der Waals surface area (Å²) in [5, 5.41) is 14.6. The van der Waals surface area contributed by atoms with Crippen molar-refractivity contribution in [2.45, 2.75) is 13.2 Å². The summed E-state index contributed by atoms with van der Waals surface area (Å²) in [5.74, 6) is -0.911. The number of thiophene rings is 1. The van der Waals surface area contributed by atoms with Crippen LogP contribution in [0.15, 0.2) is 36.4 Å². The summed E-state index contributed by atoms with van der Waals surface area (Å²) in [6.07, 6.45) is 0. The second-order valence-corrected chi connectivity index (χ2v) is 5.69. The number of methoxy groups -OCH3 is 1. The van der Waals surface area contributed by atoms with Crippen LogP contribution >= 0.6 is 11.3 Å². The predicted molar refractivity (Wildman–Crippen MR) is 80.8 cm³/mol. The summed E-state index contributed by atoms with van der Waals surface area (Å²) in [4.78, 5) is 12.3. The molecular formula is C15H14N2O3S. The van der Waals surface area contributed by atoms with E-state index in [0.717, 1.165) is 21.5 Å². The normalized spacial score (nSPS) is 11.1. The van der Waals surface area contributed by atoms with Crippen LogP contribution < -0.4 is 0 Å². The van der Waals surface area contributed by atoms with Gasteiger partial charge in [-0.3, -0.25) is 0 Å². The number of benzene rings is 1. The highest BCUT2D eigenvalue weighted by molar-refractivity contribution is 7.20. The molecule has 5 nitrogen and oxygen atoms in total. The van der Waals surface area contributed by atoms with Gasteiger partial charge in [-0.25, -0.2) is 9.48 Å². The Hall–Kier alpha value is -2.18. The first kappa shape index (κ1) is 13.8. The highest BCUT2D eigenvalue weighted by atomic mass is 32.1. The zero-order chi connectivity index (χ0) is 14.8. The summed E-state index contributed by atoms with van der Waals surface area (Å²) in [5.41, 5.74) is 1.89. The van der Waals surface area contributed by atoms with Gasteiger partial charge in [-0.15, -0.1) is 11.3 Å². The van der Waals surface area contributed by atoms with Gasteiger partial charge >= 0.3 is 5.97 Å². The van der Waals surface area contributed by atoms with Gasteiger partial charge < -0.3 is 9.84 Å². The van der Waals surface area contributed by atoms with Crippen LogP contribution in [0.5, 0.6) is 0 Å². The SMILES string of the molecule is COCc1nn(Cc2ccccc2)c2sc(C(=O)O)cc12. The van der Waals surface area contributed by atoms with Crippen molar-refractivity contribution in [3.05, 3.63) is 52.5 Å². The van der Waals surface area contributed by atoms with E-state index in [1.807, 2.05) is 35.0 Å². The molecule has 2 heterocycles. The van der Waals surface area contributed by atoms with Gasteiger partial charge in [-0.05, 0) is 11.6 Å². The lowest BCUT2D eigenvalue weighted by Gasteiger charge is -2.02. The van der Waals surface area contributed by atoms with Crippen molar-refractivity contribution in [3.63, 3.8) is 0 Å². The fourth-order valence-corrected chi connectivity index (χ4v) is 3.21. The van der Waals surface area contributed by atoms with Crippen molar-refractivity contribution in [2.75, 3.05) is 7.11 Å². The Bertz CT molecular complexity index is 777. The standard InChI is InChI=1S/C15H14N2O3S/c1-20-9-12-11-7-13(15(18)19)21-14(11)17(16-12)8-10-5-3-2-4-6-10/h2-7H,8-9H2,1H3,(H,18,19). The van der Waals surface area contributed by atoms with Crippen LogP contribution in [0.3, 0.4) is 0 Å². The van der Waals surface area contributed by atoms with Gasteiger partial charge in [0.05, 0.1) is 18.8 Å². The summed E-state index contributed by atoms with van der Waals surface area (Å²) in [7, 11) is 1.60. The van der Waals surface area contributed by atoms with Crippen LogP contribution in [-0.2, 0) is 17.9 Å². The van der Waals surface area contributed by atoms with Gasteiger partial charge in [0.2, 0.25) is 0 Å². The summed E-state index contributed by atoms with van der Waals surface area (Å²) >= 11 is 1.24. The van der Waals surface area contributed by atoms with E-state index in [-0.39, 0.29) is 0 Å². The summed E-state index contributed by atoms with van der Waals surface area (Å²) in [6.45, 7) is 0.981. The number of carboxylic acid groups (broad SMARTS) is 1. The van der Waals surface area contributed by atoms with E-state index in [2.05, 4.69) is 5.10 Å². The van der Waals surface area contributed by atoms with E-state index >= 15 is 0 Å². The molecule has 0 aliphatic rings. The Morgan fingerprint density at radius 1 is 1.38 bits per heavy atom. The van der Waals surface area contributed by atoms with Crippen LogP contribution in [-0.4, -0.2) is 28.0 Å². The van der Waals surface area contributed by atoms with Gasteiger partial charge in [0.25, 0.3) is 0 Å². The molecule has 6 heteroatoms. The van der Waals surface area contributed by atoms with E-state index < -0.39 is 5.97 Å². The van der Waals surface area contributed by atoms with Crippen LogP contribution in [0.4, 0.5) is 0 Å². The zero-order valence-electron chi connectivity index (χ0n) is 11.4. The maximum Gasteiger partial charge on any atom is 0.345 e. The molecule has 0 fully saturated rings. The van der Waals surface area contributed by atoms with Crippen molar-refractivity contribution in [1.82, 2.24) is 9.78 Å². The van der Waals surface area contributed by atoms with Gasteiger partial charge in [0.1, 0.15) is 9.71 Å². The lowest BCUT2D eigenvalue weighted by Crippen LogP contribution is -2.02. The quantitative estimate of drug-likeness (QED) is 0.787. The second-order valence-electron chi connectivity index (χ2n) is 4.66. The number of aromatic carboxylic acids is 1. The largest absolute Gasteiger partial charge is 0.477 e. The Kier molecular flexibility index (Phi) is 3.72. The Labute approximate surface area is 125 Å².